The SMILES string of the molecule is C[C@H](CO)NC(=O)[C@H]1CCC[C@H]1Nc1nc(Nc2ccc(C(=O)N3CC(F)(F)C3)cc2)ncc1C(F)(F)F. The van der Waals surface area contributed by atoms with Gasteiger partial charge in [-0.3, -0.25) is 9.59 Å². The second kappa shape index (κ2) is 10.7. The Morgan fingerprint density at radius 3 is 2.47 bits per heavy atom. The minimum absolute atomic E-state index is 0.158. The molecule has 1 saturated heterocycles. The standard InChI is InChI=1S/C24H27F5N6O3/c1-13(10-36)31-20(37)16-3-2-4-18(16)33-19-17(24(27,28)29)9-30-22(34-19)32-15-7-5-14(6-8-15)21(38)35-11-23(25,26)12-35/h5-9,13,16,18,36H,2-4,10-12H2,1H3,(H,31,37)(H2,30,32,33,34)/t13-,16+,18-/m1/s1. The number of nitrogens with zero attached hydrogens (tertiary/aromatic N) is 3. The Kier molecular flexibility index (Phi) is 7.72. The molecule has 1 aromatic heterocycles. The summed E-state index contributed by atoms with van der Waals surface area (Å²) in [5, 5.41) is 17.4. The largest absolute Gasteiger partial charge is 0.421 e. The van der Waals surface area contributed by atoms with Crippen molar-refractivity contribution in [2.45, 2.75) is 50.4 Å². The number of nitrogens with one attached hydrogen (secondary N) is 3. The van der Waals surface area contributed by atoms with Gasteiger partial charge in [-0.1, -0.05) is 6.42 Å². The smallest absolute Gasteiger partial charge is 0.394 e. The summed E-state index contributed by atoms with van der Waals surface area (Å²) in [6, 6.07) is 4.62. The maximum atomic E-state index is 13.7. The highest BCUT2D eigenvalue weighted by atomic mass is 19.4. The molecule has 0 unspecified atom stereocenters. The van der Waals surface area contributed by atoms with Gasteiger partial charge < -0.3 is 26.0 Å². The van der Waals surface area contributed by atoms with Crippen molar-refractivity contribution in [3.05, 3.63) is 41.6 Å². The van der Waals surface area contributed by atoms with E-state index in [1.807, 2.05) is 0 Å². The van der Waals surface area contributed by atoms with Crippen molar-refractivity contribution in [2.75, 3.05) is 30.3 Å². The third-order valence-corrected chi connectivity index (χ3v) is 6.45. The van der Waals surface area contributed by atoms with Gasteiger partial charge in [-0.2, -0.15) is 18.2 Å². The average Bonchev–Trinajstić information content (AvgIpc) is 3.30. The van der Waals surface area contributed by atoms with Crippen molar-refractivity contribution in [1.82, 2.24) is 20.2 Å². The van der Waals surface area contributed by atoms with E-state index in [4.69, 9.17) is 0 Å². The summed E-state index contributed by atoms with van der Waals surface area (Å²) in [7, 11) is 0. The number of aliphatic hydroxyl groups excluding tert-OH is 1. The van der Waals surface area contributed by atoms with Gasteiger partial charge in [0.25, 0.3) is 11.8 Å². The van der Waals surface area contributed by atoms with Crippen LogP contribution in [0.1, 0.15) is 42.1 Å². The molecular formula is C24H27F5N6O3. The van der Waals surface area contributed by atoms with Crippen LogP contribution in [0.15, 0.2) is 30.5 Å². The van der Waals surface area contributed by atoms with Crippen molar-refractivity contribution in [2.24, 2.45) is 5.92 Å². The zero-order chi connectivity index (χ0) is 27.7. The number of likely N-dealkylation sites (tertiary alicyclic amines) is 1. The van der Waals surface area contributed by atoms with Gasteiger partial charge in [0.05, 0.1) is 25.6 Å². The van der Waals surface area contributed by atoms with Gasteiger partial charge >= 0.3 is 6.18 Å². The Bertz CT molecular complexity index is 1170. The number of anilines is 3. The Morgan fingerprint density at radius 2 is 1.87 bits per heavy atom. The highest BCUT2D eigenvalue weighted by molar-refractivity contribution is 5.95. The van der Waals surface area contributed by atoms with Gasteiger partial charge in [0.1, 0.15) is 11.4 Å². The Hall–Kier alpha value is -3.55. The summed E-state index contributed by atoms with van der Waals surface area (Å²) >= 11 is 0. The molecule has 0 radical (unpaired) electrons. The summed E-state index contributed by atoms with van der Waals surface area (Å²) in [4.78, 5) is 33.6. The molecule has 1 aromatic carbocycles. The lowest BCUT2D eigenvalue weighted by molar-refractivity contribution is -0.137. The maximum absolute atomic E-state index is 13.7. The van der Waals surface area contributed by atoms with E-state index in [0.29, 0.717) is 31.1 Å². The molecule has 38 heavy (non-hydrogen) atoms. The fourth-order valence-electron chi connectivity index (χ4n) is 4.44. The van der Waals surface area contributed by atoms with Crippen molar-refractivity contribution in [3.63, 3.8) is 0 Å². The monoisotopic (exact) mass is 542 g/mol. The third kappa shape index (κ3) is 6.29. The highest BCUT2D eigenvalue weighted by Crippen LogP contribution is 2.37. The van der Waals surface area contributed by atoms with Gasteiger partial charge in [-0.25, -0.2) is 13.8 Å². The van der Waals surface area contributed by atoms with Crippen LogP contribution >= 0.6 is 0 Å². The van der Waals surface area contributed by atoms with Crippen LogP contribution in [0, 0.1) is 5.92 Å². The van der Waals surface area contributed by atoms with Crippen LogP contribution in [0.2, 0.25) is 0 Å². The predicted octanol–water partition coefficient (Wildman–Crippen LogP) is 3.41. The summed E-state index contributed by atoms with van der Waals surface area (Å²) in [5.74, 6) is -5.05. The molecule has 4 rings (SSSR count). The van der Waals surface area contributed by atoms with E-state index >= 15 is 0 Å². The maximum Gasteiger partial charge on any atom is 0.421 e. The first kappa shape index (κ1) is 27.5. The van der Waals surface area contributed by atoms with Crippen LogP contribution in [-0.2, 0) is 11.0 Å². The number of carbonyl (C=O) groups is 2. The van der Waals surface area contributed by atoms with Gasteiger partial charge in [0, 0.05) is 29.5 Å². The van der Waals surface area contributed by atoms with E-state index < -0.39 is 60.5 Å². The number of aromatic nitrogens is 2. The first-order chi connectivity index (χ1) is 17.9. The number of carbonyl (C=O) groups excluding carboxylic acids is 2. The zero-order valence-electron chi connectivity index (χ0n) is 20.4. The van der Waals surface area contributed by atoms with Crippen LogP contribution < -0.4 is 16.0 Å². The summed E-state index contributed by atoms with van der Waals surface area (Å²) in [6.07, 6.45) is -2.57. The van der Waals surface area contributed by atoms with Gasteiger partial charge in [-0.05, 0) is 44.0 Å². The first-order valence-electron chi connectivity index (χ1n) is 12.0. The molecule has 1 aliphatic carbocycles. The molecule has 14 heteroatoms. The second-order valence-corrected chi connectivity index (χ2v) is 9.55. The summed E-state index contributed by atoms with van der Waals surface area (Å²) in [5.41, 5.74) is -0.551. The van der Waals surface area contributed by atoms with E-state index in [9.17, 15) is 36.6 Å². The van der Waals surface area contributed by atoms with E-state index in [1.165, 1.54) is 24.3 Å². The van der Waals surface area contributed by atoms with Crippen LogP contribution in [0.5, 0.6) is 0 Å². The Labute approximate surface area is 214 Å². The van der Waals surface area contributed by atoms with Crippen molar-refractivity contribution < 1.29 is 36.6 Å². The predicted molar refractivity (Wildman–Crippen MR) is 127 cm³/mol. The molecule has 0 spiro atoms. The van der Waals surface area contributed by atoms with E-state index in [-0.39, 0.29) is 24.0 Å². The van der Waals surface area contributed by atoms with Crippen LogP contribution in [-0.4, -0.2) is 69.5 Å². The van der Waals surface area contributed by atoms with Crippen LogP contribution in [0.25, 0.3) is 0 Å². The molecule has 1 aliphatic heterocycles. The lowest BCUT2D eigenvalue weighted by Crippen LogP contribution is -2.58. The van der Waals surface area contributed by atoms with Crippen LogP contribution in [0.4, 0.5) is 39.4 Å². The fourth-order valence-corrected chi connectivity index (χ4v) is 4.44. The van der Waals surface area contributed by atoms with Gasteiger partial charge in [0.2, 0.25) is 11.9 Å². The molecule has 1 saturated carbocycles. The third-order valence-electron chi connectivity index (χ3n) is 6.45. The van der Waals surface area contributed by atoms with Crippen LogP contribution in [0.3, 0.4) is 0 Å². The van der Waals surface area contributed by atoms with E-state index in [0.717, 1.165) is 4.90 Å². The molecule has 2 heterocycles. The minimum Gasteiger partial charge on any atom is -0.394 e. The van der Waals surface area contributed by atoms with Gasteiger partial charge in [-0.15, -0.1) is 0 Å². The lowest BCUT2D eigenvalue weighted by atomic mass is 10.0. The number of benzene rings is 1. The number of amides is 2. The molecule has 2 fully saturated rings. The fraction of sp³-hybridized carbons (Fsp3) is 0.500. The summed E-state index contributed by atoms with van der Waals surface area (Å²) < 4.78 is 67.1. The quantitative estimate of drug-likeness (QED) is 0.378. The van der Waals surface area contributed by atoms with Gasteiger partial charge in [0.15, 0.2) is 0 Å². The van der Waals surface area contributed by atoms with Crippen molar-refractivity contribution in [3.8, 4) is 0 Å². The minimum atomic E-state index is -4.75. The molecule has 4 N–H and O–H groups in total. The average molecular weight is 543 g/mol. The first-order valence-corrected chi connectivity index (χ1v) is 12.0. The molecule has 0 bridgehead atoms. The highest BCUT2D eigenvalue weighted by Gasteiger charge is 2.46. The molecule has 2 aliphatic rings. The Balaban J connectivity index is 1.49. The number of aliphatic hydroxyl groups is 1. The summed E-state index contributed by atoms with van der Waals surface area (Å²) in [6.45, 7) is 0.0559. The molecule has 2 amide bonds. The number of halogens is 5. The van der Waals surface area contributed by atoms with E-state index in [2.05, 4.69) is 25.9 Å². The van der Waals surface area contributed by atoms with Crippen molar-refractivity contribution in [1.29, 1.82) is 0 Å². The topological polar surface area (TPSA) is 119 Å². The number of hydrogen-bond donors (Lipinski definition) is 4. The van der Waals surface area contributed by atoms with Crippen molar-refractivity contribution >= 4 is 29.3 Å². The lowest BCUT2D eigenvalue weighted by Gasteiger charge is -2.38. The molecular weight excluding hydrogens is 515 g/mol. The molecule has 9 nitrogen and oxygen atoms in total. The number of hydrogen-bond acceptors (Lipinski definition) is 7. The Morgan fingerprint density at radius 1 is 1.18 bits per heavy atom. The number of alkyl halides is 5. The normalized spacial score (nSPS) is 21.4. The molecule has 206 valence electrons. The molecule has 2 aromatic rings. The zero-order valence-corrected chi connectivity index (χ0v) is 20.4. The number of rotatable bonds is 8. The second-order valence-electron chi connectivity index (χ2n) is 9.55. The van der Waals surface area contributed by atoms with E-state index in [1.54, 1.807) is 6.92 Å². The molecule has 3 atom stereocenters.